The molecule has 2 aromatic carbocycles. The molecular formula is C18H14BrCl. The summed E-state index contributed by atoms with van der Waals surface area (Å²) in [6.45, 7) is 2.04. The second kappa shape index (κ2) is 5.59. The highest BCUT2D eigenvalue weighted by molar-refractivity contribution is 9.10. The van der Waals surface area contributed by atoms with E-state index in [4.69, 9.17) is 11.6 Å². The average Bonchev–Trinajstić information content (AvgIpc) is 2.46. The van der Waals surface area contributed by atoms with Gasteiger partial charge in [-0.05, 0) is 69.2 Å². The Labute approximate surface area is 132 Å². The third kappa shape index (κ3) is 2.36. The molecule has 100 valence electrons. The van der Waals surface area contributed by atoms with Gasteiger partial charge in [0.25, 0.3) is 0 Å². The van der Waals surface area contributed by atoms with Crippen molar-refractivity contribution in [3.05, 3.63) is 75.2 Å². The lowest BCUT2D eigenvalue weighted by Crippen LogP contribution is -2.03. The number of halogens is 2. The first-order valence-corrected chi connectivity index (χ1v) is 7.77. The molecule has 0 saturated carbocycles. The van der Waals surface area contributed by atoms with Crippen molar-refractivity contribution in [2.45, 2.75) is 13.3 Å². The Balaban J connectivity index is 2.25. The number of fused-ring (bicyclic) bond motifs is 3. The number of rotatable bonds is 1. The lowest BCUT2D eigenvalue weighted by atomic mass is 9.82. The van der Waals surface area contributed by atoms with Crippen LogP contribution in [-0.2, 0) is 6.42 Å². The number of allylic oxidation sites excluding steroid dienone is 4. The highest BCUT2D eigenvalue weighted by Crippen LogP contribution is 2.42. The molecule has 0 unspecified atom stereocenters. The number of hydrogen-bond acceptors (Lipinski definition) is 0. The van der Waals surface area contributed by atoms with Crippen LogP contribution < -0.4 is 0 Å². The molecular weight excluding hydrogens is 332 g/mol. The van der Waals surface area contributed by atoms with Crippen molar-refractivity contribution in [1.29, 1.82) is 0 Å². The van der Waals surface area contributed by atoms with E-state index in [9.17, 15) is 0 Å². The van der Waals surface area contributed by atoms with Crippen molar-refractivity contribution in [3.8, 4) is 11.1 Å². The quantitative estimate of drug-likeness (QED) is 0.570. The molecule has 1 aliphatic rings. The molecule has 0 nitrogen and oxygen atoms in total. The second-order valence-electron chi connectivity index (χ2n) is 4.86. The smallest absolute Gasteiger partial charge is 0.0554 e. The first-order valence-electron chi connectivity index (χ1n) is 6.60. The second-order valence-corrected chi connectivity index (χ2v) is 6.13. The standard InChI is InChI=1S/C18H14BrCl/c1-2-3-6-12-9-13-10-17(19)18(20)11-16(13)15-8-5-4-7-14(12)15/h2-8,10-11H,9H2,1H3/b3-2-,12-6+. The third-order valence-electron chi connectivity index (χ3n) is 3.58. The molecule has 0 heterocycles. The summed E-state index contributed by atoms with van der Waals surface area (Å²) in [6, 6.07) is 12.7. The Morgan fingerprint density at radius 2 is 1.85 bits per heavy atom. The van der Waals surface area contributed by atoms with Gasteiger partial charge in [-0.1, -0.05) is 54.1 Å². The van der Waals surface area contributed by atoms with Gasteiger partial charge in [-0.15, -0.1) is 0 Å². The van der Waals surface area contributed by atoms with Crippen LogP contribution in [0, 0.1) is 0 Å². The SMILES string of the molecule is C/C=C\C=C1/Cc2cc(Br)c(Cl)cc2-c2ccccc21. The lowest BCUT2D eigenvalue weighted by molar-refractivity contribution is 1.24. The molecule has 0 saturated heterocycles. The summed E-state index contributed by atoms with van der Waals surface area (Å²) in [5, 5.41) is 0.763. The maximum absolute atomic E-state index is 6.26. The van der Waals surface area contributed by atoms with Crippen molar-refractivity contribution in [2.75, 3.05) is 0 Å². The molecule has 0 bridgehead atoms. The van der Waals surface area contributed by atoms with Gasteiger partial charge in [-0.25, -0.2) is 0 Å². The largest absolute Gasteiger partial charge is 0.0877 e. The number of hydrogen-bond donors (Lipinski definition) is 0. The van der Waals surface area contributed by atoms with Crippen molar-refractivity contribution < 1.29 is 0 Å². The first kappa shape index (κ1) is 13.7. The monoisotopic (exact) mass is 344 g/mol. The lowest BCUT2D eigenvalue weighted by Gasteiger charge is -2.23. The van der Waals surface area contributed by atoms with Crippen LogP contribution in [0.1, 0.15) is 18.1 Å². The molecule has 0 fully saturated rings. The van der Waals surface area contributed by atoms with Gasteiger partial charge >= 0.3 is 0 Å². The Kier molecular flexibility index (Phi) is 3.82. The van der Waals surface area contributed by atoms with Gasteiger partial charge < -0.3 is 0 Å². The van der Waals surface area contributed by atoms with Crippen LogP contribution in [0.4, 0.5) is 0 Å². The van der Waals surface area contributed by atoms with E-state index in [0.717, 1.165) is 15.9 Å². The van der Waals surface area contributed by atoms with Crippen LogP contribution in [0.15, 0.2) is 59.1 Å². The Hall–Kier alpha value is -1.31. The predicted octanol–water partition coefficient (Wildman–Crippen LogP) is 6.29. The minimum absolute atomic E-state index is 0.763. The average molecular weight is 346 g/mol. The maximum atomic E-state index is 6.26. The summed E-state index contributed by atoms with van der Waals surface area (Å²) in [4.78, 5) is 0. The van der Waals surface area contributed by atoms with Gasteiger partial charge in [0.1, 0.15) is 0 Å². The van der Waals surface area contributed by atoms with Crippen LogP contribution in [0.25, 0.3) is 16.7 Å². The third-order valence-corrected chi connectivity index (χ3v) is 4.78. The van der Waals surface area contributed by atoms with Crippen molar-refractivity contribution >= 4 is 33.1 Å². The molecule has 0 radical (unpaired) electrons. The molecule has 0 amide bonds. The highest BCUT2D eigenvalue weighted by Gasteiger charge is 2.20. The fourth-order valence-corrected chi connectivity index (χ4v) is 3.20. The van der Waals surface area contributed by atoms with Gasteiger partial charge in [0.05, 0.1) is 5.02 Å². The van der Waals surface area contributed by atoms with Gasteiger partial charge in [0, 0.05) is 4.47 Å². The maximum Gasteiger partial charge on any atom is 0.0554 e. The van der Waals surface area contributed by atoms with Crippen LogP contribution in [0.5, 0.6) is 0 Å². The van der Waals surface area contributed by atoms with Crippen molar-refractivity contribution in [3.63, 3.8) is 0 Å². The minimum Gasteiger partial charge on any atom is -0.0877 e. The first-order chi connectivity index (χ1) is 9.70. The van der Waals surface area contributed by atoms with E-state index in [2.05, 4.69) is 70.6 Å². The summed E-state index contributed by atoms with van der Waals surface area (Å²) in [5.41, 5.74) is 6.47. The van der Waals surface area contributed by atoms with Gasteiger partial charge in [0.2, 0.25) is 0 Å². The van der Waals surface area contributed by atoms with Crippen molar-refractivity contribution in [2.24, 2.45) is 0 Å². The fraction of sp³-hybridized carbons (Fsp3) is 0.111. The summed E-state index contributed by atoms with van der Waals surface area (Å²) < 4.78 is 0.961. The zero-order valence-electron chi connectivity index (χ0n) is 11.2. The summed E-state index contributed by atoms with van der Waals surface area (Å²) in [5.74, 6) is 0. The van der Waals surface area contributed by atoms with Gasteiger partial charge in [-0.3, -0.25) is 0 Å². The Morgan fingerprint density at radius 3 is 2.60 bits per heavy atom. The molecule has 1 aliphatic carbocycles. The molecule has 2 aromatic rings. The summed E-state index contributed by atoms with van der Waals surface area (Å²) in [6.07, 6.45) is 7.29. The van der Waals surface area contributed by atoms with E-state index in [1.54, 1.807) is 0 Å². The van der Waals surface area contributed by atoms with Crippen LogP contribution in [0.3, 0.4) is 0 Å². The molecule has 20 heavy (non-hydrogen) atoms. The molecule has 0 N–H and O–H groups in total. The predicted molar refractivity (Wildman–Crippen MR) is 91.1 cm³/mol. The fourth-order valence-electron chi connectivity index (χ4n) is 2.64. The minimum atomic E-state index is 0.763. The molecule has 3 rings (SSSR count). The van der Waals surface area contributed by atoms with Crippen LogP contribution in [0.2, 0.25) is 5.02 Å². The van der Waals surface area contributed by atoms with E-state index in [0.29, 0.717) is 0 Å². The molecule has 0 aromatic heterocycles. The van der Waals surface area contributed by atoms with Crippen LogP contribution in [-0.4, -0.2) is 0 Å². The summed E-state index contributed by atoms with van der Waals surface area (Å²) in [7, 11) is 0. The molecule has 0 spiro atoms. The Morgan fingerprint density at radius 1 is 1.10 bits per heavy atom. The molecule has 2 heteroatoms. The van der Waals surface area contributed by atoms with Gasteiger partial charge in [-0.2, -0.15) is 0 Å². The van der Waals surface area contributed by atoms with E-state index in [1.165, 1.54) is 27.8 Å². The zero-order valence-corrected chi connectivity index (χ0v) is 13.5. The topological polar surface area (TPSA) is 0 Å². The normalized spacial score (nSPS) is 15.4. The van der Waals surface area contributed by atoms with Crippen molar-refractivity contribution in [1.82, 2.24) is 0 Å². The summed E-state index contributed by atoms with van der Waals surface area (Å²) >= 11 is 9.78. The Bertz CT molecular complexity index is 726. The number of benzene rings is 2. The molecule has 0 atom stereocenters. The van der Waals surface area contributed by atoms with E-state index in [-0.39, 0.29) is 0 Å². The van der Waals surface area contributed by atoms with Crippen LogP contribution >= 0.6 is 27.5 Å². The highest BCUT2D eigenvalue weighted by atomic mass is 79.9. The van der Waals surface area contributed by atoms with E-state index >= 15 is 0 Å². The molecule has 0 aliphatic heterocycles. The van der Waals surface area contributed by atoms with E-state index < -0.39 is 0 Å². The zero-order chi connectivity index (χ0) is 14.1. The van der Waals surface area contributed by atoms with Gasteiger partial charge in [0.15, 0.2) is 0 Å². The van der Waals surface area contributed by atoms with E-state index in [1.807, 2.05) is 6.92 Å².